The Morgan fingerprint density at radius 1 is 1.22 bits per heavy atom. The summed E-state index contributed by atoms with van der Waals surface area (Å²) in [5.74, 6) is 7.21. The van der Waals surface area contributed by atoms with Gasteiger partial charge in [0.1, 0.15) is 11.9 Å². The van der Waals surface area contributed by atoms with E-state index in [1.165, 1.54) is 5.01 Å². The maximum atomic E-state index is 13.3. The number of rotatable bonds is 9. The van der Waals surface area contributed by atoms with Crippen molar-refractivity contribution in [2.45, 2.75) is 31.3 Å². The van der Waals surface area contributed by atoms with E-state index in [1.807, 2.05) is 23.1 Å². The number of hydrogen-bond donors (Lipinski definition) is 2. The molecule has 0 bridgehead atoms. The molecule has 2 aromatic heterocycles. The van der Waals surface area contributed by atoms with Crippen LogP contribution in [0.5, 0.6) is 0 Å². The summed E-state index contributed by atoms with van der Waals surface area (Å²) in [6.45, 7) is 1.62. The quantitative estimate of drug-likeness (QED) is 0.133. The van der Waals surface area contributed by atoms with Crippen LogP contribution in [0.25, 0.3) is 10.4 Å². The Balaban J connectivity index is 1.35. The highest BCUT2D eigenvalue weighted by molar-refractivity contribution is 6.05. The van der Waals surface area contributed by atoms with Gasteiger partial charge in [-0.05, 0) is 72.8 Å². The van der Waals surface area contributed by atoms with Crippen molar-refractivity contribution in [3.05, 3.63) is 82.5 Å². The molecule has 4 heterocycles. The molecule has 1 saturated heterocycles. The van der Waals surface area contributed by atoms with Crippen LogP contribution in [0.3, 0.4) is 0 Å². The molecule has 41 heavy (non-hydrogen) atoms. The number of aromatic nitrogens is 2. The van der Waals surface area contributed by atoms with Crippen molar-refractivity contribution in [1.82, 2.24) is 15.3 Å². The molecule has 0 aliphatic carbocycles. The average molecular weight is 557 g/mol. The van der Waals surface area contributed by atoms with E-state index in [4.69, 9.17) is 21.1 Å². The lowest BCUT2D eigenvalue weighted by atomic mass is 10.0. The van der Waals surface area contributed by atoms with Crippen molar-refractivity contribution in [2.24, 2.45) is 11.0 Å². The Morgan fingerprint density at radius 3 is 2.71 bits per heavy atom. The van der Waals surface area contributed by atoms with Crippen LogP contribution in [-0.4, -0.2) is 67.2 Å². The van der Waals surface area contributed by atoms with Crippen LogP contribution in [0.1, 0.15) is 28.8 Å². The van der Waals surface area contributed by atoms with E-state index in [0.29, 0.717) is 67.6 Å². The highest BCUT2D eigenvalue weighted by Crippen LogP contribution is 2.39. The Labute approximate surface area is 237 Å². The number of carbonyl (C=O) groups excluding carboxylic acids is 2. The third-order valence-corrected chi connectivity index (χ3v) is 7.38. The lowest BCUT2D eigenvalue weighted by Gasteiger charge is -2.45. The zero-order valence-electron chi connectivity index (χ0n) is 22.8. The van der Waals surface area contributed by atoms with Gasteiger partial charge in [0.05, 0.1) is 17.9 Å². The predicted octanol–water partition coefficient (Wildman–Crippen LogP) is 3.10. The monoisotopic (exact) mass is 556 g/mol. The van der Waals surface area contributed by atoms with Crippen molar-refractivity contribution >= 4 is 34.8 Å². The number of pyridine rings is 2. The normalized spacial score (nSPS) is 17.0. The fraction of sp³-hybridized carbons (Fsp3) is 0.357. The number of nitrogens with one attached hydrogen (secondary N) is 1. The number of hydrogen-bond acceptors (Lipinski definition) is 9. The SMILES string of the molecule is CN1C(=O)[C@@H](CN=[N+]=[N-])N(C2CCOCC2)c2nc(N(N)c3ccc(C(=O)NCCc4cccnc4)cc3)ccc21. The Morgan fingerprint density at radius 2 is 2.00 bits per heavy atom. The zero-order chi connectivity index (χ0) is 28.8. The predicted molar refractivity (Wildman–Crippen MR) is 155 cm³/mol. The van der Waals surface area contributed by atoms with Crippen molar-refractivity contribution in [1.29, 1.82) is 0 Å². The first-order chi connectivity index (χ1) is 20.0. The van der Waals surface area contributed by atoms with Crippen molar-refractivity contribution in [3.63, 3.8) is 0 Å². The van der Waals surface area contributed by atoms with E-state index in [1.54, 1.807) is 54.7 Å². The molecule has 1 aromatic carbocycles. The van der Waals surface area contributed by atoms with E-state index in [9.17, 15) is 9.59 Å². The number of ether oxygens (including phenoxy) is 1. The van der Waals surface area contributed by atoms with Gasteiger partial charge in [-0.2, -0.15) is 0 Å². The summed E-state index contributed by atoms with van der Waals surface area (Å²) in [7, 11) is 1.69. The lowest BCUT2D eigenvalue weighted by Crippen LogP contribution is -2.58. The van der Waals surface area contributed by atoms with Gasteiger partial charge in [-0.25, -0.2) is 10.8 Å². The summed E-state index contributed by atoms with van der Waals surface area (Å²) in [5.41, 5.74) is 11.8. The molecule has 1 fully saturated rings. The van der Waals surface area contributed by atoms with Crippen LogP contribution >= 0.6 is 0 Å². The summed E-state index contributed by atoms with van der Waals surface area (Å²) in [6, 6.07) is 13.6. The van der Waals surface area contributed by atoms with Gasteiger partial charge in [-0.1, -0.05) is 11.2 Å². The summed E-state index contributed by atoms with van der Waals surface area (Å²) in [5, 5.41) is 8.08. The van der Waals surface area contributed by atoms with E-state index in [-0.39, 0.29) is 24.4 Å². The first-order valence-corrected chi connectivity index (χ1v) is 13.5. The Bertz CT molecular complexity index is 1420. The van der Waals surface area contributed by atoms with Crippen LogP contribution in [0.4, 0.5) is 23.0 Å². The molecular weight excluding hydrogens is 524 g/mol. The number of benzene rings is 1. The third kappa shape index (κ3) is 6.07. The number of carbonyl (C=O) groups is 2. The number of fused-ring (bicyclic) bond motifs is 1. The van der Waals surface area contributed by atoms with Crippen molar-refractivity contribution in [3.8, 4) is 0 Å². The molecule has 2 aliphatic heterocycles. The summed E-state index contributed by atoms with van der Waals surface area (Å²) in [4.78, 5) is 41.3. The molecule has 2 aliphatic rings. The molecule has 3 aromatic rings. The molecule has 0 saturated carbocycles. The highest BCUT2D eigenvalue weighted by atomic mass is 16.5. The van der Waals surface area contributed by atoms with E-state index < -0.39 is 6.04 Å². The summed E-state index contributed by atoms with van der Waals surface area (Å²) in [6.07, 6.45) is 5.62. The molecule has 0 unspecified atom stereocenters. The number of hydrazine groups is 1. The number of likely N-dealkylation sites (N-methyl/N-ethyl adjacent to an activating group) is 1. The van der Waals surface area contributed by atoms with Gasteiger partial charge in [0.2, 0.25) is 5.91 Å². The molecule has 5 rings (SSSR count). The average Bonchev–Trinajstić information content (AvgIpc) is 3.02. The van der Waals surface area contributed by atoms with Crippen molar-refractivity contribution < 1.29 is 14.3 Å². The van der Waals surface area contributed by atoms with Crippen LogP contribution in [-0.2, 0) is 16.0 Å². The molecule has 13 heteroatoms. The lowest BCUT2D eigenvalue weighted by molar-refractivity contribution is -0.120. The van der Waals surface area contributed by atoms with Gasteiger partial charge < -0.3 is 19.9 Å². The molecule has 0 spiro atoms. The molecule has 1 atom stereocenters. The number of azide groups is 1. The van der Waals surface area contributed by atoms with Gasteiger partial charge in [0.25, 0.3) is 5.91 Å². The smallest absolute Gasteiger partial charge is 0.251 e. The number of anilines is 4. The highest BCUT2D eigenvalue weighted by Gasteiger charge is 2.41. The second-order valence-electron chi connectivity index (χ2n) is 9.87. The summed E-state index contributed by atoms with van der Waals surface area (Å²) >= 11 is 0. The van der Waals surface area contributed by atoms with Crippen LogP contribution in [0.15, 0.2) is 66.0 Å². The van der Waals surface area contributed by atoms with Gasteiger partial charge in [0, 0.05) is 55.7 Å². The second-order valence-corrected chi connectivity index (χ2v) is 9.87. The zero-order valence-corrected chi connectivity index (χ0v) is 22.8. The number of amides is 2. The van der Waals surface area contributed by atoms with Crippen LogP contribution < -0.4 is 26.0 Å². The first-order valence-electron chi connectivity index (χ1n) is 13.5. The number of nitrogens with two attached hydrogens (primary N) is 1. The van der Waals surface area contributed by atoms with Gasteiger partial charge in [-0.15, -0.1) is 0 Å². The molecule has 0 radical (unpaired) electrons. The van der Waals surface area contributed by atoms with Crippen LogP contribution in [0.2, 0.25) is 0 Å². The van der Waals surface area contributed by atoms with Gasteiger partial charge in [0.15, 0.2) is 5.82 Å². The van der Waals surface area contributed by atoms with Gasteiger partial charge in [-0.3, -0.25) is 19.6 Å². The fourth-order valence-corrected chi connectivity index (χ4v) is 5.17. The molecule has 2 amide bonds. The maximum absolute atomic E-state index is 13.3. The minimum atomic E-state index is -0.684. The maximum Gasteiger partial charge on any atom is 0.251 e. The van der Waals surface area contributed by atoms with Crippen molar-refractivity contribution in [2.75, 3.05) is 48.2 Å². The summed E-state index contributed by atoms with van der Waals surface area (Å²) < 4.78 is 5.55. The second kappa shape index (κ2) is 12.6. The van der Waals surface area contributed by atoms with E-state index in [2.05, 4.69) is 20.3 Å². The van der Waals surface area contributed by atoms with Crippen LogP contribution in [0, 0.1) is 0 Å². The Hall–Kier alpha value is -4.71. The fourth-order valence-electron chi connectivity index (χ4n) is 5.17. The Kier molecular flexibility index (Phi) is 8.59. The molecule has 212 valence electrons. The first kappa shape index (κ1) is 27.8. The largest absolute Gasteiger partial charge is 0.381 e. The molecular formula is C28H32N10O3. The minimum absolute atomic E-state index is 0.0102. The van der Waals surface area contributed by atoms with E-state index in [0.717, 1.165) is 5.56 Å². The third-order valence-electron chi connectivity index (χ3n) is 7.38. The minimum Gasteiger partial charge on any atom is -0.381 e. The number of nitrogens with zero attached hydrogens (tertiary/aromatic N) is 8. The van der Waals surface area contributed by atoms with Gasteiger partial charge >= 0.3 is 0 Å². The topological polar surface area (TPSA) is 166 Å². The van der Waals surface area contributed by atoms with E-state index >= 15 is 0 Å². The molecule has 3 N–H and O–H groups in total. The standard InChI is InChI=1S/C28H32N10O3/c1-36-23-8-9-25(34-26(23)37(21-11-15-41-16-12-21)24(28(36)40)18-33-35-29)38(30)22-6-4-20(5-7-22)27(39)32-14-10-19-3-2-13-31-17-19/h2-9,13,17,21,24H,10-12,14-16,18,30H2,1H3,(H,32,39)/t24-/m1/s1. The molecule has 13 nitrogen and oxygen atoms in total.